The molecule has 1 heterocycles. The van der Waals surface area contributed by atoms with E-state index >= 15 is 0 Å². The van der Waals surface area contributed by atoms with Gasteiger partial charge >= 0.3 is 0 Å². The van der Waals surface area contributed by atoms with Crippen LogP contribution in [0.3, 0.4) is 0 Å². The molecule has 2 N–H and O–H groups in total. The van der Waals surface area contributed by atoms with E-state index in [0.717, 1.165) is 35.5 Å². The minimum atomic E-state index is -3.83. The Morgan fingerprint density at radius 1 is 1.09 bits per heavy atom. The molecule has 0 bridgehead atoms. The number of aromatic nitrogens is 2. The van der Waals surface area contributed by atoms with E-state index in [0.29, 0.717) is 23.2 Å². The highest BCUT2D eigenvalue weighted by atomic mass is 32.2. The zero-order chi connectivity index (χ0) is 25.4. The maximum atomic E-state index is 13.2. The summed E-state index contributed by atoms with van der Waals surface area (Å²) in [6, 6.07) is 12.1. The van der Waals surface area contributed by atoms with Crippen molar-refractivity contribution in [2.45, 2.75) is 70.2 Å². The molecule has 1 aromatic heterocycles. The fraction of sp³-hybridized carbons (Fsp3) is 0.370. The lowest BCUT2D eigenvalue weighted by molar-refractivity contribution is 0.0933. The third-order valence-electron chi connectivity index (χ3n) is 6.33. The highest BCUT2D eigenvalue weighted by molar-refractivity contribution is 7.92. The van der Waals surface area contributed by atoms with Gasteiger partial charge in [-0.1, -0.05) is 39.0 Å². The first-order valence-corrected chi connectivity index (χ1v) is 13.3. The van der Waals surface area contributed by atoms with Gasteiger partial charge in [0.05, 0.1) is 4.90 Å². The zero-order valence-electron chi connectivity index (χ0n) is 20.8. The van der Waals surface area contributed by atoms with Gasteiger partial charge in [-0.3, -0.25) is 9.52 Å². The Morgan fingerprint density at radius 3 is 2.60 bits per heavy atom. The van der Waals surface area contributed by atoms with Crippen molar-refractivity contribution in [1.29, 1.82) is 0 Å². The van der Waals surface area contributed by atoms with Gasteiger partial charge in [0, 0.05) is 29.2 Å². The molecular weight excluding hydrogens is 460 g/mol. The Labute approximate surface area is 207 Å². The number of nitrogens with one attached hydrogen (secondary N) is 2. The summed E-state index contributed by atoms with van der Waals surface area (Å²) < 4.78 is 29.1. The van der Waals surface area contributed by atoms with Gasteiger partial charge in [-0.2, -0.15) is 0 Å². The number of nitrogens with zero attached hydrogens (tertiary/aromatic N) is 2. The molecule has 3 aromatic rings. The molecule has 8 heteroatoms. The first-order valence-electron chi connectivity index (χ1n) is 11.8. The third-order valence-corrected chi connectivity index (χ3v) is 7.85. The van der Waals surface area contributed by atoms with Gasteiger partial charge < -0.3 is 5.32 Å². The molecule has 0 aliphatic heterocycles. The molecule has 1 aliphatic rings. The standard InChI is InChI=1S/C27H32N4O3S/c1-17-9-10-21(27(3,4)5)15-25(17)35(33,34)31-23-8-6-7-19(13-23)26(32)30-22-11-12-24-20(14-22)16-28-18(2)29-24/h6-10,13,15-16,22,31H,11-12,14H2,1-5H3,(H,30,32)/t22-/m1/s1. The van der Waals surface area contributed by atoms with Crippen molar-refractivity contribution in [3.8, 4) is 0 Å². The molecule has 0 saturated carbocycles. The van der Waals surface area contributed by atoms with Gasteiger partial charge in [0.2, 0.25) is 0 Å². The molecule has 2 aromatic carbocycles. The second-order valence-corrected chi connectivity index (χ2v) is 11.9. The van der Waals surface area contributed by atoms with Crippen LogP contribution in [-0.4, -0.2) is 30.3 Å². The van der Waals surface area contributed by atoms with Gasteiger partial charge in [0.1, 0.15) is 5.82 Å². The maximum Gasteiger partial charge on any atom is 0.262 e. The minimum absolute atomic E-state index is 0.0237. The topological polar surface area (TPSA) is 101 Å². The average molecular weight is 493 g/mol. The number of fused-ring (bicyclic) bond motifs is 1. The van der Waals surface area contributed by atoms with Crippen molar-refractivity contribution in [2.75, 3.05) is 4.72 Å². The van der Waals surface area contributed by atoms with Crippen LogP contribution in [-0.2, 0) is 28.3 Å². The largest absolute Gasteiger partial charge is 0.349 e. The molecule has 35 heavy (non-hydrogen) atoms. The van der Waals surface area contributed by atoms with E-state index < -0.39 is 10.0 Å². The normalized spacial score (nSPS) is 15.9. The van der Waals surface area contributed by atoms with E-state index in [9.17, 15) is 13.2 Å². The molecule has 4 rings (SSSR count). The molecule has 0 fully saturated rings. The van der Waals surface area contributed by atoms with E-state index in [4.69, 9.17) is 0 Å². The number of aryl methyl sites for hydroxylation is 3. The first-order chi connectivity index (χ1) is 16.4. The fourth-order valence-corrected chi connectivity index (χ4v) is 5.61. The number of carbonyl (C=O) groups is 1. The second kappa shape index (κ2) is 9.41. The number of rotatable bonds is 5. The minimum Gasteiger partial charge on any atom is -0.349 e. The van der Waals surface area contributed by atoms with Crippen LogP contribution in [0.5, 0.6) is 0 Å². The van der Waals surface area contributed by atoms with E-state index in [1.165, 1.54) is 0 Å². The predicted octanol–water partition coefficient (Wildman–Crippen LogP) is 4.48. The number of hydrogen-bond acceptors (Lipinski definition) is 5. The predicted molar refractivity (Wildman–Crippen MR) is 137 cm³/mol. The number of amides is 1. The lowest BCUT2D eigenvalue weighted by atomic mass is 9.87. The van der Waals surface area contributed by atoms with Crippen molar-refractivity contribution >= 4 is 21.6 Å². The Hall–Kier alpha value is -3.26. The molecule has 1 amide bonds. The summed E-state index contributed by atoms with van der Waals surface area (Å²) in [4.78, 5) is 22.0. The SMILES string of the molecule is Cc1ncc2c(n1)CC[C@@H](NC(=O)c1cccc(NS(=O)(=O)c3cc(C(C)(C)C)ccc3C)c1)C2. The van der Waals surface area contributed by atoms with Crippen molar-refractivity contribution in [1.82, 2.24) is 15.3 Å². The third kappa shape index (κ3) is 5.70. The molecular formula is C27H32N4O3S. The van der Waals surface area contributed by atoms with Crippen molar-refractivity contribution < 1.29 is 13.2 Å². The Bertz CT molecular complexity index is 1380. The molecule has 0 saturated heterocycles. The van der Waals surface area contributed by atoms with Gasteiger partial charge in [-0.25, -0.2) is 18.4 Å². The van der Waals surface area contributed by atoms with Crippen LogP contribution in [0.2, 0.25) is 0 Å². The summed E-state index contributed by atoms with van der Waals surface area (Å²) >= 11 is 0. The van der Waals surface area contributed by atoms with Gasteiger partial charge in [-0.15, -0.1) is 0 Å². The molecule has 7 nitrogen and oxygen atoms in total. The van der Waals surface area contributed by atoms with Gasteiger partial charge in [0.15, 0.2) is 0 Å². The summed E-state index contributed by atoms with van der Waals surface area (Å²) in [5.74, 6) is 0.518. The Kier molecular flexibility index (Phi) is 6.68. The van der Waals surface area contributed by atoms with E-state index in [2.05, 4.69) is 20.0 Å². The van der Waals surface area contributed by atoms with Crippen molar-refractivity contribution in [2.24, 2.45) is 0 Å². The molecule has 184 valence electrons. The van der Waals surface area contributed by atoms with E-state index in [-0.39, 0.29) is 22.3 Å². The molecule has 1 atom stereocenters. The van der Waals surface area contributed by atoms with Crippen molar-refractivity contribution in [3.63, 3.8) is 0 Å². The Morgan fingerprint density at radius 2 is 1.86 bits per heavy atom. The number of carbonyl (C=O) groups excluding carboxylic acids is 1. The summed E-state index contributed by atoms with van der Waals surface area (Å²) in [5.41, 5.74) is 4.27. The lowest BCUT2D eigenvalue weighted by Gasteiger charge is -2.24. The number of sulfonamides is 1. The Balaban J connectivity index is 1.49. The fourth-order valence-electron chi connectivity index (χ4n) is 4.29. The monoisotopic (exact) mass is 492 g/mol. The maximum absolute atomic E-state index is 13.2. The summed E-state index contributed by atoms with van der Waals surface area (Å²) in [7, 11) is -3.83. The zero-order valence-corrected chi connectivity index (χ0v) is 21.7. The van der Waals surface area contributed by atoms with Crippen LogP contribution >= 0.6 is 0 Å². The lowest BCUT2D eigenvalue weighted by Crippen LogP contribution is -2.39. The number of hydrogen-bond donors (Lipinski definition) is 2. The van der Waals surface area contributed by atoms with Gasteiger partial charge in [0.25, 0.3) is 15.9 Å². The highest BCUT2D eigenvalue weighted by Crippen LogP contribution is 2.28. The second-order valence-electron chi connectivity index (χ2n) is 10.2. The van der Waals surface area contributed by atoms with Crippen LogP contribution in [0.15, 0.2) is 53.6 Å². The highest BCUT2D eigenvalue weighted by Gasteiger charge is 2.24. The van der Waals surface area contributed by atoms with E-state index in [1.54, 1.807) is 37.3 Å². The smallest absolute Gasteiger partial charge is 0.262 e. The number of benzene rings is 2. The van der Waals surface area contributed by atoms with Gasteiger partial charge in [-0.05, 0) is 79.5 Å². The molecule has 0 radical (unpaired) electrons. The van der Waals surface area contributed by atoms with Crippen LogP contribution in [0.25, 0.3) is 0 Å². The van der Waals surface area contributed by atoms with E-state index in [1.807, 2.05) is 46.0 Å². The van der Waals surface area contributed by atoms with Crippen molar-refractivity contribution in [3.05, 3.63) is 82.4 Å². The van der Waals surface area contributed by atoms with Crippen LogP contribution in [0, 0.1) is 13.8 Å². The quantitative estimate of drug-likeness (QED) is 0.547. The number of anilines is 1. The summed E-state index contributed by atoms with van der Waals surface area (Å²) in [6.07, 6.45) is 4.10. The van der Waals surface area contributed by atoms with Crippen LogP contribution in [0.4, 0.5) is 5.69 Å². The molecule has 0 unspecified atom stereocenters. The summed E-state index contributed by atoms with van der Waals surface area (Å²) in [6.45, 7) is 9.78. The summed E-state index contributed by atoms with van der Waals surface area (Å²) in [5, 5.41) is 3.07. The molecule has 0 spiro atoms. The van der Waals surface area contributed by atoms with Crippen LogP contribution in [0.1, 0.15) is 65.8 Å². The average Bonchev–Trinajstić information content (AvgIpc) is 2.78. The first kappa shape index (κ1) is 24.9. The van der Waals surface area contributed by atoms with Crippen LogP contribution < -0.4 is 10.0 Å². The molecule has 1 aliphatic carbocycles.